The molecular formula is C15H16ClF2N3O3. The monoisotopic (exact) mass is 359 g/mol. The number of rotatable bonds is 7. The third-order valence-corrected chi connectivity index (χ3v) is 3.28. The summed E-state index contributed by atoms with van der Waals surface area (Å²) in [5.41, 5.74) is 0.534. The predicted molar refractivity (Wildman–Crippen MR) is 85.4 cm³/mol. The fraction of sp³-hybridized carbons (Fsp3) is 0.333. The fourth-order valence-corrected chi connectivity index (χ4v) is 2.27. The number of ether oxygens (including phenoxy) is 2. The first-order chi connectivity index (χ1) is 11.4. The molecular weight excluding hydrogens is 344 g/mol. The van der Waals surface area contributed by atoms with Crippen LogP contribution in [0.2, 0.25) is 5.02 Å². The normalized spacial score (nSPS) is 10.8. The number of nitrogens with zero attached hydrogens (tertiary/aromatic N) is 2. The Balaban J connectivity index is 2.17. The van der Waals surface area contributed by atoms with E-state index in [9.17, 15) is 13.6 Å². The van der Waals surface area contributed by atoms with E-state index >= 15 is 0 Å². The quantitative estimate of drug-likeness (QED) is 0.822. The number of anilines is 1. The summed E-state index contributed by atoms with van der Waals surface area (Å²) in [6.07, 6.45) is 0.0770. The first-order valence-corrected chi connectivity index (χ1v) is 7.44. The molecule has 0 aliphatic carbocycles. The molecule has 130 valence electrons. The summed E-state index contributed by atoms with van der Waals surface area (Å²) >= 11 is 6.12. The summed E-state index contributed by atoms with van der Waals surface area (Å²) in [5.74, 6) is 0.195. The maximum Gasteiger partial charge on any atom is 0.257 e. The number of methoxy groups -OCH3 is 1. The van der Waals surface area contributed by atoms with Crippen molar-refractivity contribution in [3.63, 3.8) is 0 Å². The van der Waals surface area contributed by atoms with E-state index in [1.807, 2.05) is 0 Å². The molecule has 0 fully saturated rings. The minimum absolute atomic E-state index is 0.231. The van der Waals surface area contributed by atoms with E-state index in [2.05, 4.69) is 10.4 Å². The zero-order valence-electron chi connectivity index (χ0n) is 13.1. The second kappa shape index (κ2) is 7.96. The van der Waals surface area contributed by atoms with Crippen LogP contribution in [0, 0.1) is 0 Å². The van der Waals surface area contributed by atoms with Gasteiger partial charge in [0.05, 0.1) is 30.6 Å². The van der Waals surface area contributed by atoms with Crippen molar-refractivity contribution in [2.45, 2.75) is 19.9 Å². The van der Waals surface area contributed by atoms with Crippen LogP contribution in [-0.4, -0.2) is 35.8 Å². The molecule has 2 rings (SSSR count). The number of carbonyl (C=O) groups is 1. The average molecular weight is 360 g/mol. The van der Waals surface area contributed by atoms with Crippen LogP contribution in [-0.2, 0) is 6.54 Å². The van der Waals surface area contributed by atoms with Crippen LogP contribution in [0.1, 0.15) is 17.3 Å². The van der Waals surface area contributed by atoms with Crippen LogP contribution in [0.25, 0.3) is 0 Å². The highest BCUT2D eigenvalue weighted by atomic mass is 35.5. The average Bonchev–Trinajstić information content (AvgIpc) is 2.95. The van der Waals surface area contributed by atoms with E-state index in [4.69, 9.17) is 21.1 Å². The van der Waals surface area contributed by atoms with Gasteiger partial charge < -0.3 is 14.8 Å². The lowest BCUT2D eigenvalue weighted by Gasteiger charge is -2.12. The van der Waals surface area contributed by atoms with Crippen LogP contribution in [0.15, 0.2) is 24.5 Å². The molecule has 0 spiro atoms. The van der Waals surface area contributed by atoms with Gasteiger partial charge in [-0.1, -0.05) is 11.6 Å². The van der Waals surface area contributed by atoms with Gasteiger partial charge in [-0.25, -0.2) is 8.78 Å². The smallest absolute Gasteiger partial charge is 0.257 e. The zero-order chi connectivity index (χ0) is 17.7. The van der Waals surface area contributed by atoms with Crippen LogP contribution in [0.4, 0.5) is 14.5 Å². The maximum absolute atomic E-state index is 12.3. The molecule has 0 aliphatic rings. The molecule has 1 heterocycles. The van der Waals surface area contributed by atoms with E-state index in [0.717, 1.165) is 4.68 Å². The largest absolute Gasteiger partial charge is 0.493 e. The van der Waals surface area contributed by atoms with Gasteiger partial charge in [0.2, 0.25) is 0 Å². The molecule has 1 amide bonds. The molecule has 0 bridgehead atoms. The molecule has 1 aromatic carbocycles. The molecule has 0 unspecified atom stereocenters. The van der Waals surface area contributed by atoms with E-state index < -0.39 is 18.9 Å². The Kier molecular flexibility index (Phi) is 5.97. The molecule has 24 heavy (non-hydrogen) atoms. The number of benzene rings is 1. The van der Waals surface area contributed by atoms with Gasteiger partial charge in [0.25, 0.3) is 12.3 Å². The molecule has 2 aromatic rings. The number of aromatic nitrogens is 2. The first-order valence-electron chi connectivity index (χ1n) is 7.06. The molecule has 0 saturated heterocycles. The summed E-state index contributed by atoms with van der Waals surface area (Å²) in [4.78, 5) is 12.3. The van der Waals surface area contributed by atoms with E-state index in [-0.39, 0.29) is 10.6 Å². The summed E-state index contributed by atoms with van der Waals surface area (Å²) in [5, 5.41) is 6.53. The fourth-order valence-electron chi connectivity index (χ4n) is 2.01. The predicted octanol–water partition coefficient (Wildman–Crippen LogP) is 3.46. The van der Waals surface area contributed by atoms with Gasteiger partial charge in [0, 0.05) is 11.8 Å². The summed E-state index contributed by atoms with van der Waals surface area (Å²) in [7, 11) is 1.43. The highest BCUT2D eigenvalue weighted by Crippen LogP contribution is 2.36. The topological polar surface area (TPSA) is 65.4 Å². The van der Waals surface area contributed by atoms with Gasteiger partial charge >= 0.3 is 0 Å². The van der Waals surface area contributed by atoms with Crippen molar-refractivity contribution < 1.29 is 23.0 Å². The van der Waals surface area contributed by atoms with Gasteiger partial charge in [-0.3, -0.25) is 9.48 Å². The Morgan fingerprint density at radius 3 is 2.83 bits per heavy atom. The van der Waals surface area contributed by atoms with Gasteiger partial charge in [0.1, 0.15) is 6.54 Å². The Bertz CT molecular complexity index is 722. The van der Waals surface area contributed by atoms with Crippen molar-refractivity contribution in [1.82, 2.24) is 9.78 Å². The molecule has 0 radical (unpaired) electrons. The molecule has 0 aliphatic heterocycles. The Morgan fingerprint density at radius 1 is 1.46 bits per heavy atom. The number of hydrogen-bond donors (Lipinski definition) is 1. The lowest BCUT2D eigenvalue weighted by Crippen LogP contribution is -2.12. The lowest BCUT2D eigenvalue weighted by atomic mass is 10.2. The van der Waals surface area contributed by atoms with Crippen molar-refractivity contribution in [2.24, 2.45) is 0 Å². The third-order valence-electron chi connectivity index (χ3n) is 3.00. The van der Waals surface area contributed by atoms with Gasteiger partial charge in [-0.2, -0.15) is 5.10 Å². The molecule has 9 heteroatoms. The SMILES string of the molecule is CCOc1c(Cl)cc(C(=O)Nc2cnn(CC(F)F)c2)cc1OC. The second-order valence-corrected chi connectivity index (χ2v) is 5.13. The summed E-state index contributed by atoms with van der Waals surface area (Å²) in [6, 6.07) is 2.92. The zero-order valence-corrected chi connectivity index (χ0v) is 13.8. The minimum Gasteiger partial charge on any atom is -0.493 e. The molecule has 0 atom stereocenters. The van der Waals surface area contributed by atoms with E-state index in [0.29, 0.717) is 23.8 Å². The van der Waals surface area contributed by atoms with E-state index in [1.54, 1.807) is 6.92 Å². The standard InChI is InChI=1S/C15H16ClF2N3O3/c1-3-24-14-11(16)4-9(5-12(14)23-2)15(22)20-10-6-19-21(7-10)8-13(17)18/h4-7,13H,3,8H2,1-2H3,(H,20,22). The van der Waals surface area contributed by atoms with Gasteiger partial charge in [-0.15, -0.1) is 0 Å². The summed E-state index contributed by atoms with van der Waals surface area (Å²) in [6.45, 7) is 1.65. The van der Waals surface area contributed by atoms with Crippen molar-refractivity contribution in [1.29, 1.82) is 0 Å². The Labute approximate surface area is 142 Å². The van der Waals surface area contributed by atoms with Crippen molar-refractivity contribution in [3.8, 4) is 11.5 Å². The van der Waals surface area contributed by atoms with Crippen molar-refractivity contribution >= 4 is 23.2 Å². The van der Waals surface area contributed by atoms with Crippen molar-refractivity contribution in [3.05, 3.63) is 35.1 Å². The first kappa shape index (κ1) is 18.0. The van der Waals surface area contributed by atoms with Crippen LogP contribution in [0.3, 0.4) is 0 Å². The molecule has 0 saturated carbocycles. The molecule has 1 N–H and O–H groups in total. The number of nitrogens with one attached hydrogen (secondary N) is 1. The molecule has 6 nitrogen and oxygen atoms in total. The number of carbonyl (C=O) groups excluding carboxylic acids is 1. The minimum atomic E-state index is -2.53. The second-order valence-electron chi connectivity index (χ2n) is 4.72. The number of amides is 1. The van der Waals surface area contributed by atoms with Gasteiger partial charge in [0.15, 0.2) is 11.5 Å². The Hall–Kier alpha value is -2.35. The maximum atomic E-state index is 12.3. The highest BCUT2D eigenvalue weighted by molar-refractivity contribution is 6.32. The van der Waals surface area contributed by atoms with Crippen LogP contribution < -0.4 is 14.8 Å². The number of alkyl halides is 2. The number of hydrogen-bond acceptors (Lipinski definition) is 4. The van der Waals surface area contributed by atoms with Crippen LogP contribution in [0.5, 0.6) is 11.5 Å². The Morgan fingerprint density at radius 2 is 2.21 bits per heavy atom. The third kappa shape index (κ3) is 4.35. The number of halogens is 3. The van der Waals surface area contributed by atoms with Crippen LogP contribution >= 0.6 is 11.6 Å². The lowest BCUT2D eigenvalue weighted by molar-refractivity contribution is 0.102. The summed E-state index contributed by atoms with van der Waals surface area (Å²) < 4.78 is 36.2. The van der Waals surface area contributed by atoms with Crippen molar-refractivity contribution in [2.75, 3.05) is 19.0 Å². The molecule has 1 aromatic heterocycles. The van der Waals surface area contributed by atoms with Gasteiger partial charge in [-0.05, 0) is 19.1 Å². The highest BCUT2D eigenvalue weighted by Gasteiger charge is 2.16. The van der Waals surface area contributed by atoms with E-state index in [1.165, 1.54) is 31.6 Å².